The topological polar surface area (TPSA) is 93.5 Å². The molecule has 0 bridgehead atoms. The van der Waals surface area contributed by atoms with E-state index < -0.39 is 0 Å². The normalized spacial score (nSPS) is 11.0. The number of H-pyrrole nitrogens is 1. The van der Waals surface area contributed by atoms with E-state index in [1.165, 1.54) is 12.3 Å². The number of Topliss-reactive ketones (excluding diaryl/α,β-unsaturated/α-hetero) is 1. The highest BCUT2D eigenvalue weighted by Gasteiger charge is 2.10. The minimum Gasteiger partial charge on any atom is -0.329 e. The number of carbonyl (C=O) groups is 1. The molecule has 0 fully saturated rings. The molecule has 4 aromatic rings. The number of aromatic nitrogens is 5. The fraction of sp³-hybridized carbons (Fsp3) is 0.105. The van der Waals surface area contributed by atoms with Gasteiger partial charge in [0.1, 0.15) is 5.69 Å². The highest BCUT2D eigenvalue weighted by atomic mass is 16.1. The van der Waals surface area contributed by atoms with Crippen molar-refractivity contribution in [2.24, 2.45) is 7.05 Å². The summed E-state index contributed by atoms with van der Waals surface area (Å²) in [6.45, 7) is 0. The van der Waals surface area contributed by atoms with Gasteiger partial charge in [-0.15, -0.1) is 5.10 Å². The molecule has 3 aromatic heterocycles. The van der Waals surface area contributed by atoms with Gasteiger partial charge in [-0.25, -0.2) is 0 Å². The van der Waals surface area contributed by atoms with Crippen LogP contribution in [-0.2, 0) is 13.5 Å². The molecule has 0 amide bonds. The summed E-state index contributed by atoms with van der Waals surface area (Å²) in [4.78, 5) is 30.6. The summed E-state index contributed by atoms with van der Waals surface area (Å²) in [5, 5.41) is 10.0. The number of fused-ring (bicyclic) bond motifs is 1. The van der Waals surface area contributed by atoms with E-state index >= 15 is 0 Å². The van der Waals surface area contributed by atoms with E-state index in [0.29, 0.717) is 11.3 Å². The number of aryl methyl sites for hydroxylation is 1. The molecule has 7 nitrogen and oxygen atoms in total. The monoisotopic (exact) mass is 345 g/mol. The maximum atomic E-state index is 12.4. The summed E-state index contributed by atoms with van der Waals surface area (Å²) < 4.78 is 1.65. The average Bonchev–Trinajstić information content (AvgIpc) is 3.07. The highest BCUT2D eigenvalue weighted by molar-refractivity contribution is 5.97. The van der Waals surface area contributed by atoms with Crippen molar-refractivity contribution in [3.63, 3.8) is 0 Å². The Labute approximate surface area is 148 Å². The van der Waals surface area contributed by atoms with Crippen LogP contribution in [0.4, 0.5) is 0 Å². The second-order valence-electron chi connectivity index (χ2n) is 6.06. The van der Waals surface area contributed by atoms with Crippen LogP contribution in [0.3, 0.4) is 0 Å². The number of rotatable bonds is 4. The zero-order valence-corrected chi connectivity index (χ0v) is 14.0. The molecule has 0 spiro atoms. The van der Waals surface area contributed by atoms with Crippen LogP contribution in [0.25, 0.3) is 22.0 Å². The van der Waals surface area contributed by atoms with Crippen molar-refractivity contribution < 1.29 is 4.79 Å². The maximum absolute atomic E-state index is 12.4. The Hall–Kier alpha value is -3.61. The molecule has 0 saturated heterocycles. The first-order valence-electron chi connectivity index (χ1n) is 8.06. The Bertz CT molecular complexity index is 1180. The summed E-state index contributed by atoms with van der Waals surface area (Å²) in [5.41, 5.74) is 2.47. The molecule has 128 valence electrons. The Morgan fingerprint density at radius 3 is 2.81 bits per heavy atom. The van der Waals surface area contributed by atoms with E-state index in [0.717, 1.165) is 22.0 Å². The number of hydrogen-bond acceptors (Lipinski definition) is 5. The van der Waals surface area contributed by atoms with E-state index in [4.69, 9.17) is 0 Å². The van der Waals surface area contributed by atoms with Crippen LogP contribution in [0, 0.1) is 0 Å². The second kappa shape index (κ2) is 6.36. The number of carbonyl (C=O) groups excluding carboxylic acids is 1. The molecule has 0 atom stereocenters. The van der Waals surface area contributed by atoms with Crippen molar-refractivity contribution in [3.05, 3.63) is 76.6 Å². The third kappa shape index (κ3) is 3.14. The SMILES string of the molecule is Cn1cc(-c2ccc3cnc(CC(=O)c4cc[nH]c(=O)c4)cc3c2)nn1. The van der Waals surface area contributed by atoms with Gasteiger partial charge in [0.15, 0.2) is 5.78 Å². The van der Waals surface area contributed by atoms with Crippen LogP contribution in [-0.4, -0.2) is 30.7 Å². The lowest BCUT2D eigenvalue weighted by Gasteiger charge is -2.04. The lowest BCUT2D eigenvalue weighted by molar-refractivity contribution is 0.0992. The van der Waals surface area contributed by atoms with Crippen molar-refractivity contribution in [2.75, 3.05) is 0 Å². The fourth-order valence-corrected chi connectivity index (χ4v) is 2.81. The molecule has 3 heterocycles. The fourth-order valence-electron chi connectivity index (χ4n) is 2.81. The van der Waals surface area contributed by atoms with Gasteiger partial charge in [-0.3, -0.25) is 19.3 Å². The summed E-state index contributed by atoms with van der Waals surface area (Å²) in [7, 11) is 1.82. The molecule has 0 unspecified atom stereocenters. The molecule has 0 saturated carbocycles. The predicted octanol–water partition coefficient (Wildman–Crippen LogP) is 2.14. The van der Waals surface area contributed by atoms with Gasteiger partial charge in [0.05, 0.1) is 12.6 Å². The van der Waals surface area contributed by atoms with Crippen LogP contribution < -0.4 is 5.56 Å². The summed E-state index contributed by atoms with van der Waals surface area (Å²) in [5.74, 6) is -0.145. The zero-order valence-electron chi connectivity index (χ0n) is 14.0. The molecule has 0 aliphatic carbocycles. The van der Waals surface area contributed by atoms with Crippen molar-refractivity contribution >= 4 is 16.6 Å². The van der Waals surface area contributed by atoms with Gasteiger partial charge in [-0.2, -0.15) is 0 Å². The van der Waals surface area contributed by atoms with Crippen molar-refractivity contribution in [3.8, 4) is 11.3 Å². The molecule has 1 aromatic carbocycles. The van der Waals surface area contributed by atoms with E-state index in [2.05, 4.69) is 20.3 Å². The van der Waals surface area contributed by atoms with Crippen LogP contribution in [0.2, 0.25) is 0 Å². The van der Waals surface area contributed by atoms with Crippen molar-refractivity contribution in [2.45, 2.75) is 6.42 Å². The Kier molecular flexibility index (Phi) is 3.89. The Morgan fingerprint density at radius 2 is 2.04 bits per heavy atom. The molecular weight excluding hydrogens is 330 g/mol. The van der Waals surface area contributed by atoms with E-state index in [1.54, 1.807) is 16.9 Å². The van der Waals surface area contributed by atoms with Gasteiger partial charge in [-0.1, -0.05) is 17.3 Å². The minimum atomic E-state index is -0.295. The molecule has 0 aliphatic rings. The molecule has 26 heavy (non-hydrogen) atoms. The van der Waals surface area contributed by atoms with E-state index in [-0.39, 0.29) is 17.8 Å². The number of hydrogen-bond donors (Lipinski definition) is 1. The molecular formula is C19H15N5O2. The van der Waals surface area contributed by atoms with Crippen LogP contribution >= 0.6 is 0 Å². The standard InChI is InChI=1S/C19H15N5O2/c1-24-11-17(22-23-24)12-2-3-14-10-21-16(7-15(14)6-12)9-18(25)13-4-5-20-19(26)8-13/h2-8,10-11H,9H2,1H3,(H,20,26). The van der Waals surface area contributed by atoms with Crippen LogP contribution in [0.1, 0.15) is 16.1 Å². The molecule has 4 rings (SSSR count). The second-order valence-corrected chi connectivity index (χ2v) is 6.06. The number of nitrogens with zero attached hydrogens (tertiary/aromatic N) is 4. The molecule has 7 heteroatoms. The quantitative estimate of drug-likeness (QED) is 0.572. The predicted molar refractivity (Wildman–Crippen MR) is 96.8 cm³/mol. The maximum Gasteiger partial charge on any atom is 0.248 e. The van der Waals surface area contributed by atoms with Crippen LogP contribution in [0.15, 0.2) is 59.8 Å². The number of benzene rings is 1. The lowest BCUT2D eigenvalue weighted by Crippen LogP contribution is -2.11. The van der Waals surface area contributed by atoms with Crippen molar-refractivity contribution in [1.82, 2.24) is 25.0 Å². The van der Waals surface area contributed by atoms with Crippen molar-refractivity contribution in [1.29, 1.82) is 0 Å². The third-order valence-corrected chi connectivity index (χ3v) is 4.12. The Balaban J connectivity index is 1.66. The van der Waals surface area contributed by atoms with Gasteiger partial charge >= 0.3 is 0 Å². The molecule has 0 radical (unpaired) electrons. The first-order valence-corrected chi connectivity index (χ1v) is 8.06. The number of nitrogens with one attached hydrogen (secondary N) is 1. The number of aromatic amines is 1. The smallest absolute Gasteiger partial charge is 0.248 e. The first kappa shape index (κ1) is 15.9. The van der Waals surface area contributed by atoms with Gasteiger partial charge in [0, 0.05) is 47.7 Å². The average molecular weight is 345 g/mol. The van der Waals surface area contributed by atoms with Gasteiger partial charge in [0.25, 0.3) is 0 Å². The van der Waals surface area contributed by atoms with Crippen LogP contribution in [0.5, 0.6) is 0 Å². The van der Waals surface area contributed by atoms with Gasteiger partial charge < -0.3 is 4.98 Å². The lowest BCUT2D eigenvalue weighted by atomic mass is 10.0. The summed E-state index contributed by atoms with van der Waals surface area (Å²) in [6, 6.07) is 10.7. The summed E-state index contributed by atoms with van der Waals surface area (Å²) >= 11 is 0. The Morgan fingerprint density at radius 1 is 1.15 bits per heavy atom. The van der Waals surface area contributed by atoms with E-state index in [9.17, 15) is 9.59 Å². The highest BCUT2D eigenvalue weighted by Crippen LogP contribution is 2.23. The third-order valence-electron chi connectivity index (χ3n) is 4.12. The summed E-state index contributed by atoms with van der Waals surface area (Å²) in [6.07, 6.45) is 5.20. The first-order chi connectivity index (χ1) is 12.6. The number of pyridine rings is 2. The molecule has 1 N–H and O–H groups in total. The van der Waals surface area contributed by atoms with Gasteiger partial charge in [0.2, 0.25) is 5.56 Å². The largest absolute Gasteiger partial charge is 0.329 e. The number of ketones is 1. The van der Waals surface area contributed by atoms with E-state index in [1.807, 2.05) is 37.5 Å². The van der Waals surface area contributed by atoms with Gasteiger partial charge in [-0.05, 0) is 23.6 Å². The molecule has 0 aliphatic heterocycles. The minimum absolute atomic E-state index is 0.134. The zero-order chi connectivity index (χ0) is 18.1.